The number of carbonyl (C=O) groups excluding carboxylic acids is 5. The van der Waals surface area contributed by atoms with Crippen molar-refractivity contribution in [2.75, 3.05) is 83.4 Å². The zero-order valence-corrected chi connectivity index (χ0v) is 46.9. The van der Waals surface area contributed by atoms with Crippen molar-refractivity contribution < 1.29 is 28.7 Å². The van der Waals surface area contributed by atoms with E-state index in [4.69, 9.17) is 16.3 Å². The number of hydrogen-bond acceptors (Lipinski definition) is 11. The molecular formula is C60H82ClN11O6. The quantitative estimate of drug-likeness (QED) is 0.0850. The summed E-state index contributed by atoms with van der Waals surface area (Å²) in [5, 5.41) is 11.2. The van der Waals surface area contributed by atoms with Crippen molar-refractivity contribution in [2.24, 2.45) is 17.8 Å². The number of benzene rings is 2. The molecule has 4 saturated heterocycles. The number of ether oxygens (including phenoxy) is 1. The predicted octanol–water partition coefficient (Wildman–Crippen LogP) is 8.07. The highest BCUT2D eigenvalue weighted by Crippen LogP contribution is 2.36. The minimum absolute atomic E-state index is 0.0471. The molecule has 6 aliphatic rings. The summed E-state index contributed by atoms with van der Waals surface area (Å²) in [5.41, 5.74) is 1.40. The highest BCUT2D eigenvalue weighted by Gasteiger charge is 2.45. The molecule has 10 rings (SSSR count). The van der Waals surface area contributed by atoms with Crippen LogP contribution in [-0.2, 0) is 19.1 Å². The Morgan fingerprint density at radius 1 is 0.782 bits per heavy atom. The van der Waals surface area contributed by atoms with E-state index in [2.05, 4.69) is 51.7 Å². The van der Waals surface area contributed by atoms with Gasteiger partial charge in [-0.15, -0.1) is 0 Å². The molecule has 2 aromatic heterocycles. The van der Waals surface area contributed by atoms with Crippen LogP contribution in [0.5, 0.6) is 0 Å². The van der Waals surface area contributed by atoms with Gasteiger partial charge in [-0.1, -0.05) is 55.1 Å². The Bertz CT molecular complexity index is 2710. The van der Waals surface area contributed by atoms with Gasteiger partial charge < -0.3 is 45.3 Å². The van der Waals surface area contributed by atoms with Crippen molar-refractivity contribution in [3.8, 4) is 0 Å². The van der Waals surface area contributed by atoms with Gasteiger partial charge in [0.05, 0.1) is 11.4 Å². The van der Waals surface area contributed by atoms with Crippen LogP contribution < -0.4 is 20.9 Å². The van der Waals surface area contributed by atoms with Crippen molar-refractivity contribution in [2.45, 2.75) is 140 Å². The molecule has 6 heterocycles. The lowest BCUT2D eigenvalue weighted by molar-refractivity contribution is -0.137. The maximum Gasteiger partial charge on any atom is 0.408 e. The summed E-state index contributed by atoms with van der Waals surface area (Å²) in [6, 6.07) is 16.6. The minimum atomic E-state index is -1.22. The van der Waals surface area contributed by atoms with Crippen LogP contribution in [0, 0.1) is 17.8 Å². The molecule has 6 fully saturated rings. The highest BCUT2D eigenvalue weighted by atomic mass is 35.5. The monoisotopic (exact) mass is 1090 g/mol. The number of H-pyrrole nitrogens is 1. The van der Waals surface area contributed by atoms with Gasteiger partial charge in [-0.3, -0.25) is 24.1 Å². The number of rotatable bonds is 16. The lowest BCUT2D eigenvalue weighted by atomic mass is 9.83. The molecule has 78 heavy (non-hydrogen) atoms. The summed E-state index contributed by atoms with van der Waals surface area (Å²) in [6.07, 6.45) is 15.4. The SMILES string of the molecule is CC(C)(C)OC(=O)NC1(C(=O)N[C@@H](CCN2CCC(CN3CCN(C(=O)[C@H](NC(=O)c4cccc(C5CCCN(C(=O)C6CC6)C5)c4)C4CCCCC4)CC3)CC2)c2ccc(Cl)cc2)CCN(c2ncnc3[nH]ccc23)CC1. The molecule has 1 unspecified atom stereocenters. The smallest absolute Gasteiger partial charge is 0.408 e. The summed E-state index contributed by atoms with van der Waals surface area (Å²) in [4.78, 5) is 93.1. The average molecular weight is 1090 g/mol. The van der Waals surface area contributed by atoms with Gasteiger partial charge >= 0.3 is 6.09 Å². The zero-order valence-electron chi connectivity index (χ0n) is 46.2. The molecule has 18 heteroatoms. The number of likely N-dealkylation sites (tertiary alicyclic amines) is 2. The van der Waals surface area contributed by atoms with Crippen LogP contribution in [-0.4, -0.2) is 160 Å². The molecule has 4 N–H and O–H groups in total. The van der Waals surface area contributed by atoms with E-state index in [0.717, 1.165) is 144 Å². The van der Waals surface area contributed by atoms with Crippen LogP contribution in [0.15, 0.2) is 67.1 Å². The molecule has 0 radical (unpaired) electrons. The molecule has 0 bridgehead atoms. The van der Waals surface area contributed by atoms with E-state index in [1.165, 1.54) is 0 Å². The van der Waals surface area contributed by atoms with Gasteiger partial charge in [0.2, 0.25) is 17.7 Å². The fraction of sp³-hybridized carbons (Fsp3) is 0.617. The number of piperidine rings is 3. The van der Waals surface area contributed by atoms with Crippen LogP contribution in [0.3, 0.4) is 0 Å². The Morgan fingerprint density at radius 2 is 1.53 bits per heavy atom. The summed E-state index contributed by atoms with van der Waals surface area (Å²) < 4.78 is 5.73. The second-order valence-corrected chi connectivity index (χ2v) is 24.7. The van der Waals surface area contributed by atoms with Gasteiger partial charge in [0.1, 0.15) is 35.0 Å². The number of aromatic amines is 1. The number of anilines is 1. The van der Waals surface area contributed by atoms with Gasteiger partial charge in [0.15, 0.2) is 0 Å². The summed E-state index contributed by atoms with van der Waals surface area (Å²) in [6.45, 7) is 14.5. The zero-order chi connectivity index (χ0) is 54.4. The molecule has 2 aromatic carbocycles. The third-order valence-electron chi connectivity index (χ3n) is 17.6. The van der Waals surface area contributed by atoms with E-state index in [0.29, 0.717) is 68.5 Å². The summed E-state index contributed by atoms with van der Waals surface area (Å²) >= 11 is 6.37. The summed E-state index contributed by atoms with van der Waals surface area (Å²) in [5.74, 6) is 1.75. The molecule has 2 saturated carbocycles. The second-order valence-electron chi connectivity index (χ2n) is 24.3. The van der Waals surface area contributed by atoms with Gasteiger partial charge in [-0.25, -0.2) is 14.8 Å². The maximum absolute atomic E-state index is 14.8. The average Bonchev–Trinajstić information content (AvgIpc) is 4.21. The van der Waals surface area contributed by atoms with Crippen molar-refractivity contribution >= 4 is 58.2 Å². The van der Waals surface area contributed by atoms with E-state index in [-0.39, 0.29) is 47.4 Å². The van der Waals surface area contributed by atoms with Gasteiger partial charge in [-0.2, -0.15) is 0 Å². The molecule has 2 aliphatic carbocycles. The minimum Gasteiger partial charge on any atom is -0.444 e. The Morgan fingerprint density at radius 3 is 2.24 bits per heavy atom. The predicted molar refractivity (Wildman–Crippen MR) is 302 cm³/mol. The summed E-state index contributed by atoms with van der Waals surface area (Å²) in [7, 11) is 0. The first kappa shape index (κ1) is 55.5. The van der Waals surface area contributed by atoms with Crippen molar-refractivity contribution in [1.29, 1.82) is 0 Å². The molecule has 17 nitrogen and oxygen atoms in total. The molecule has 0 spiro atoms. The molecule has 4 aromatic rings. The van der Waals surface area contributed by atoms with E-state index in [1.54, 1.807) is 6.33 Å². The Kier molecular flexibility index (Phi) is 17.6. The largest absolute Gasteiger partial charge is 0.444 e. The van der Waals surface area contributed by atoms with Gasteiger partial charge in [0, 0.05) is 94.1 Å². The highest BCUT2D eigenvalue weighted by molar-refractivity contribution is 6.30. The fourth-order valence-corrected chi connectivity index (χ4v) is 13.0. The number of carbonyl (C=O) groups is 5. The first-order valence-corrected chi connectivity index (χ1v) is 29.6. The number of nitrogens with one attached hydrogen (secondary N) is 4. The van der Waals surface area contributed by atoms with Gasteiger partial charge in [0.25, 0.3) is 5.91 Å². The standard InChI is InChI=1S/C60H82ClN11O6/c1-59(2,3)78-58(77)67-60(24-31-70(32-25-60)53-49-20-26-62-52(49)63-40-64-53)57(76)65-50(42-16-18-48(61)19-17-42)23-30-68-28-21-41(22-29-68)38-69-33-35-71(36-34-69)56(75)51(43-9-5-4-6-10-43)66-54(73)46-12-7-11-45(37-46)47-13-8-27-72(39-47)55(74)44-14-15-44/h7,11-12,16-20,26,37,40-41,43-44,47,50-51H,4-6,8-10,13-15,21-25,27-36,38-39H2,1-3H3,(H,65,76)(H,66,73)(H,67,77)(H,62,63,64)/t47?,50-,51+/m0/s1. The van der Waals surface area contributed by atoms with Crippen LogP contribution in [0.1, 0.15) is 144 Å². The topological polar surface area (TPSA) is 188 Å². The van der Waals surface area contributed by atoms with E-state index < -0.39 is 23.3 Å². The molecule has 420 valence electrons. The third-order valence-corrected chi connectivity index (χ3v) is 17.8. The normalized spacial score (nSPS) is 21.9. The second kappa shape index (κ2) is 24.7. The van der Waals surface area contributed by atoms with Gasteiger partial charge in [-0.05, 0) is 158 Å². The Balaban J connectivity index is 0.716. The van der Waals surface area contributed by atoms with Crippen LogP contribution in [0.2, 0.25) is 5.02 Å². The molecule has 3 atom stereocenters. The number of halogens is 1. The number of hydrogen-bond donors (Lipinski definition) is 4. The lowest BCUT2D eigenvalue weighted by Gasteiger charge is -2.42. The van der Waals surface area contributed by atoms with Crippen LogP contribution in [0.25, 0.3) is 11.0 Å². The molecule has 4 aliphatic heterocycles. The van der Waals surface area contributed by atoms with Crippen LogP contribution in [0.4, 0.5) is 10.6 Å². The first-order valence-electron chi connectivity index (χ1n) is 29.2. The van der Waals surface area contributed by atoms with Crippen molar-refractivity contribution in [3.63, 3.8) is 0 Å². The number of amides is 5. The number of piperazine rings is 1. The Labute approximate surface area is 465 Å². The number of alkyl carbamates (subject to hydrolysis) is 1. The molecular weight excluding hydrogens is 1010 g/mol. The van der Waals surface area contributed by atoms with E-state index in [1.807, 2.05) is 85.3 Å². The van der Waals surface area contributed by atoms with Crippen molar-refractivity contribution in [1.82, 2.24) is 50.5 Å². The van der Waals surface area contributed by atoms with Crippen LogP contribution >= 0.6 is 11.6 Å². The third kappa shape index (κ3) is 13.8. The Hall–Kier alpha value is -5.78. The molecule has 5 amide bonds. The van der Waals surface area contributed by atoms with E-state index >= 15 is 0 Å². The number of nitrogens with zero attached hydrogens (tertiary/aromatic N) is 7. The fourth-order valence-electron chi connectivity index (χ4n) is 12.9. The number of fused-ring (bicyclic) bond motifs is 1. The maximum atomic E-state index is 14.8. The first-order chi connectivity index (χ1) is 37.7. The van der Waals surface area contributed by atoms with Crippen molar-refractivity contribution in [3.05, 3.63) is 88.8 Å². The lowest BCUT2D eigenvalue weighted by Crippen LogP contribution is -2.64. The van der Waals surface area contributed by atoms with E-state index in [9.17, 15) is 24.0 Å². The number of aromatic nitrogens is 3.